The highest BCUT2D eigenvalue weighted by Gasteiger charge is 2.43. The molecule has 3 amide bonds. The molecule has 194 valence electrons. The van der Waals surface area contributed by atoms with Crippen molar-refractivity contribution in [3.8, 4) is 0 Å². The second-order valence-corrected chi connectivity index (χ2v) is 11.9. The minimum Gasteiger partial charge on any atom is -0.351 e. The smallest absolute Gasteiger partial charge is 0.270 e. The minimum absolute atomic E-state index is 0.00804. The summed E-state index contributed by atoms with van der Waals surface area (Å²) in [7, 11) is 0. The van der Waals surface area contributed by atoms with E-state index in [-0.39, 0.29) is 52.5 Å². The Labute approximate surface area is 209 Å². The van der Waals surface area contributed by atoms with Gasteiger partial charge in [0.25, 0.3) is 5.91 Å². The predicted octanol–water partition coefficient (Wildman–Crippen LogP) is 2.31. The molecule has 2 fully saturated rings. The molecule has 0 aromatic carbocycles. The van der Waals surface area contributed by atoms with E-state index in [1.807, 2.05) is 32.6 Å². The maximum Gasteiger partial charge on any atom is 0.270 e. The van der Waals surface area contributed by atoms with Crippen LogP contribution in [0.25, 0.3) is 0 Å². The number of nitrogens with zero attached hydrogens (tertiary/aromatic N) is 3. The molecule has 9 heteroatoms. The lowest BCUT2D eigenvalue weighted by Gasteiger charge is -2.43. The van der Waals surface area contributed by atoms with Crippen LogP contribution in [0, 0.1) is 0 Å². The fraction of sp³-hybridized carbons (Fsp3) is 0.731. The van der Waals surface area contributed by atoms with E-state index in [1.54, 1.807) is 12.3 Å². The Balaban J connectivity index is 1.69. The second kappa shape index (κ2) is 10.6. The number of likely N-dealkylation sites (tertiary alicyclic amines) is 1. The van der Waals surface area contributed by atoms with Crippen LogP contribution >= 0.6 is 0 Å². The molecule has 1 aliphatic carbocycles. The van der Waals surface area contributed by atoms with E-state index in [0.29, 0.717) is 25.2 Å². The van der Waals surface area contributed by atoms with Crippen molar-refractivity contribution in [2.24, 2.45) is 0 Å². The Morgan fingerprint density at radius 3 is 2.43 bits per heavy atom. The van der Waals surface area contributed by atoms with Crippen molar-refractivity contribution in [2.75, 3.05) is 6.54 Å². The van der Waals surface area contributed by atoms with Gasteiger partial charge in [-0.25, -0.2) is 9.97 Å². The van der Waals surface area contributed by atoms with Gasteiger partial charge in [0.1, 0.15) is 17.6 Å². The van der Waals surface area contributed by atoms with Crippen LogP contribution in [0.3, 0.4) is 0 Å². The highest BCUT2D eigenvalue weighted by molar-refractivity contribution is 5.96. The van der Waals surface area contributed by atoms with Crippen LogP contribution in [0.4, 0.5) is 0 Å². The van der Waals surface area contributed by atoms with Gasteiger partial charge in [-0.05, 0) is 52.5 Å². The summed E-state index contributed by atoms with van der Waals surface area (Å²) in [6.45, 7) is 14.8. The average Bonchev–Trinajstić information content (AvgIpc) is 3.12. The highest BCUT2D eigenvalue weighted by atomic mass is 16.2. The van der Waals surface area contributed by atoms with Gasteiger partial charge in [-0.3, -0.25) is 14.4 Å². The molecule has 1 saturated carbocycles. The Hall–Kier alpha value is -2.55. The number of hydrogen-bond acceptors (Lipinski definition) is 6. The van der Waals surface area contributed by atoms with E-state index in [2.05, 4.69) is 46.7 Å². The lowest BCUT2D eigenvalue weighted by Crippen LogP contribution is -2.59. The van der Waals surface area contributed by atoms with Crippen molar-refractivity contribution in [2.45, 2.75) is 116 Å². The molecule has 2 aliphatic rings. The molecule has 0 spiro atoms. The lowest BCUT2D eigenvalue weighted by molar-refractivity contribution is -0.133. The molecule has 1 saturated heterocycles. The van der Waals surface area contributed by atoms with Crippen LogP contribution in [0.5, 0.6) is 0 Å². The summed E-state index contributed by atoms with van der Waals surface area (Å²) in [6.07, 6.45) is 5.02. The third kappa shape index (κ3) is 6.99. The Morgan fingerprint density at radius 2 is 1.80 bits per heavy atom. The van der Waals surface area contributed by atoms with Gasteiger partial charge in [-0.2, -0.15) is 0 Å². The van der Waals surface area contributed by atoms with Crippen molar-refractivity contribution in [1.29, 1.82) is 0 Å². The molecule has 3 N–H and O–H groups in total. The van der Waals surface area contributed by atoms with Gasteiger partial charge in [0, 0.05) is 36.2 Å². The normalized spacial score (nSPS) is 25.5. The number of carbonyl (C=O) groups excluding carboxylic acids is 3. The topological polar surface area (TPSA) is 116 Å². The van der Waals surface area contributed by atoms with Crippen LogP contribution in [-0.2, 0) is 15.0 Å². The molecule has 3 rings (SSSR count). The van der Waals surface area contributed by atoms with E-state index in [4.69, 9.17) is 0 Å². The largest absolute Gasteiger partial charge is 0.351 e. The zero-order valence-electron chi connectivity index (χ0n) is 22.3. The monoisotopic (exact) mass is 486 g/mol. The first-order valence-electron chi connectivity index (χ1n) is 12.8. The maximum absolute atomic E-state index is 13.4. The van der Waals surface area contributed by atoms with Crippen molar-refractivity contribution >= 4 is 17.7 Å². The standard InChI is InChI=1S/C26H42N6O3/c1-8-21(33)28-19-15-16(31-26(5,6)7)9-10-20(19)32-14-12-18(23(32)35)29-22(34)17-11-13-27-24(30-17)25(2,3)4/h11,13,16,18-20,31H,8-10,12,14-15H2,1-7H3,(H,28,33)(H,29,34)/t16-,18?,19?,20+/m1/s1. The molecule has 2 heterocycles. The van der Waals surface area contributed by atoms with Crippen molar-refractivity contribution in [3.63, 3.8) is 0 Å². The second-order valence-electron chi connectivity index (χ2n) is 11.9. The number of amides is 3. The summed E-state index contributed by atoms with van der Waals surface area (Å²) < 4.78 is 0. The molecule has 1 aromatic rings. The van der Waals surface area contributed by atoms with Crippen molar-refractivity contribution < 1.29 is 14.4 Å². The Morgan fingerprint density at radius 1 is 1.09 bits per heavy atom. The SMILES string of the molecule is CCC(=O)NC1C[C@H](NC(C)(C)C)CC[C@@H]1N1CCC(NC(=O)c2ccnc(C(C)(C)C)n2)C1=O. The molecule has 1 aromatic heterocycles. The van der Waals surface area contributed by atoms with Crippen LogP contribution < -0.4 is 16.0 Å². The molecule has 9 nitrogen and oxygen atoms in total. The zero-order valence-corrected chi connectivity index (χ0v) is 22.3. The predicted molar refractivity (Wildman–Crippen MR) is 135 cm³/mol. The maximum atomic E-state index is 13.4. The number of carbonyl (C=O) groups is 3. The molecule has 4 atom stereocenters. The number of nitrogens with one attached hydrogen (secondary N) is 3. The quantitative estimate of drug-likeness (QED) is 0.568. The third-order valence-corrected chi connectivity index (χ3v) is 6.62. The molecular formula is C26H42N6O3. The van der Waals surface area contributed by atoms with Crippen LogP contribution in [0.15, 0.2) is 12.3 Å². The van der Waals surface area contributed by atoms with Gasteiger partial charge in [0.2, 0.25) is 11.8 Å². The first kappa shape index (κ1) is 27.0. The van der Waals surface area contributed by atoms with Gasteiger partial charge < -0.3 is 20.9 Å². The molecule has 35 heavy (non-hydrogen) atoms. The molecule has 0 radical (unpaired) electrons. The minimum atomic E-state index is -0.594. The summed E-state index contributed by atoms with van der Waals surface area (Å²) in [4.78, 5) is 49.1. The summed E-state index contributed by atoms with van der Waals surface area (Å²) in [6, 6.07) is 1.05. The van der Waals surface area contributed by atoms with E-state index < -0.39 is 6.04 Å². The molecule has 1 aliphatic heterocycles. The van der Waals surface area contributed by atoms with Crippen LogP contribution in [-0.4, -0.2) is 68.8 Å². The molecule has 2 unspecified atom stereocenters. The van der Waals surface area contributed by atoms with Gasteiger partial charge >= 0.3 is 0 Å². The fourth-order valence-corrected chi connectivity index (χ4v) is 4.98. The van der Waals surface area contributed by atoms with Crippen LogP contribution in [0.1, 0.15) is 96.9 Å². The summed E-state index contributed by atoms with van der Waals surface area (Å²) in [5.74, 6) is 0.115. The van der Waals surface area contributed by atoms with E-state index in [0.717, 1.165) is 19.3 Å². The average molecular weight is 487 g/mol. The number of hydrogen-bond donors (Lipinski definition) is 3. The first-order chi connectivity index (χ1) is 16.3. The van der Waals surface area contributed by atoms with E-state index in [1.165, 1.54) is 0 Å². The zero-order chi connectivity index (χ0) is 26.0. The van der Waals surface area contributed by atoms with Gasteiger partial charge in [0.05, 0.1) is 12.1 Å². The Bertz CT molecular complexity index is 936. The van der Waals surface area contributed by atoms with E-state index >= 15 is 0 Å². The fourth-order valence-electron chi connectivity index (χ4n) is 4.98. The van der Waals surface area contributed by atoms with Crippen molar-refractivity contribution in [1.82, 2.24) is 30.8 Å². The third-order valence-electron chi connectivity index (χ3n) is 6.62. The van der Waals surface area contributed by atoms with Crippen LogP contribution in [0.2, 0.25) is 0 Å². The van der Waals surface area contributed by atoms with Gasteiger partial charge in [-0.1, -0.05) is 27.7 Å². The highest BCUT2D eigenvalue weighted by Crippen LogP contribution is 2.29. The van der Waals surface area contributed by atoms with Crippen molar-refractivity contribution in [3.05, 3.63) is 23.8 Å². The number of aromatic nitrogens is 2. The van der Waals surface area contributed by atoms with E-state index in [9.17, 15) is 14.4 Å². The number of rotatable bonds is 6. The Kier molecular flexibility index (Phi) is 8.19. The summed E-state index contributed by atoms with van der Waals surface area (Å²) in [5, 5.41) is 9.68. The first-order valence-corrected chi connectivity index (χ1v) is 12.8. The lowest BCUT2D eigenvalue weighted by atomic mass is 9.84. The molecular weight excluding hydrogens is 444 g/mol. The molecule has 0 bridgehead atoms. The van der Waals surface area contributed by atoms with Gasteiger partial charge in [0.15, 0.2) is 0 Å². The summed E-state index contributed by atoms with van der Waals surface area (Å²) in [5.41, 5.74) is -0.0451. The van der Waals surface area contributed by atoms with Gasteiger partial charge in [-0.15, -0.1) is 0 Å². The summed E-state index contributed by atoms with van der Waals surface area (Å²) >= 11 is 0.